The molecule has 1 aromatic carbocycles. The predicted molar refractivity (Wildman–Crippen MR) is 87.3 cm³/mol. The van der Waals surface area contributed by atoms with Gasteiger partial charge in [0.05, 0.1) is 0 Å². The van der Waals surface area contributed by atoms with Crippen LogP contribution in [0.3, 0.4) is 0 Å². The Labute approximate surface area is 129 Å². The van der Waals surface area contributed by atoms with Gasteiger partial charge >= 0.3 is 0 Å². The first kappa shape index (κ1) is 18.5. The Morgan fingerprint density at radius 1 is 1.11 bits per heavy atom. The maximum Gasteiger partial charge on any atom is 0.0317 e. The molecule has 0 radical (unpaired) electrons. The largest absolute Gasteiger partial charge is 0.399 e. The van der Waals surface area contributed by atoms with Crippen molar-refractivity contribution in [1.29, 1.82) is 0 Å². The normalized spacial score (nSPS) is 16.8. The number of benzene rings is 1. The van der Waals surface area contributed by atoms with Gasteiger partial charge in [-0.15, -0.1) is 24.8 Å². The average molecular weight is 306 g/mol. The van der Waals surface area contributed by atoms with E-state index < -0.39 is 0 Å². The Kier molecular flexibility index (Phi) is 8.42. The summed E-state index contributed by atoms with van der Waals surface area (Å²) in [6.45, 7) is 10.2. The highest BCUT2D eigenvalue weighted by atomic mass is 35.5. The van der Waals surface area contributed by atoms with Gasteiger partial charge < -0.3 is 5.73 Å². The van der Waals surface area contributed by atoms with Gasteiger partial charge in [0.15, 0.2) is 0 Å². The molecule has 19 heavy (non-hydrogen) atoms. The summed E-state index contributed by atoms with van der Waals surface area (Å²) >= 11 is 0. The van der Waals surface area contributed by atoms with Crippen LogP contribution in [0.25, 0.3) is 0 Å². The maximum absolute atomic E-state index is 5.80. The highest BCUT2D eigenvalue weighted by Gasteiger charge is 2.18. The summed E-state index contributed by atoms with van der Waals surface area (Å²) < 4.78 is 0. The van der Waals surface area contributed by atoms with Crippen molar-refractivity contribution in [2.75, 3.05) is 31.9 Å². The van der Waals surface area contributed by atoms with Gasteiger partial charge in [-0.25, -0.2) is 0 Å². The number of nitrogens with zero attached hydrogens (tertiary/aromatic N) is 2. The van der Waals surface area contributed by atoms with Crippen molar-refractivity contribution in [2.24, 2.45) is 0 Å². The lowest BCUT2D eigenvalue weighted by molar-refractivity contribution is 0.104. The molecule has 0 unspecified atom stereocenters. The van der Waals surface area contributed by atoms with E-state index in [0.717, 1.165) is 25.3 Å². The molecule has 0 saturated carbocycles. The molecule has 0 aliphatic carbocycles. The lowest BCUT2D eigenvalue weighted by Gasteiger charge is -2.36. The molecule has 3 nitrogen and oxygen atoms in total. The minimum atomic E-state index is 0. The Morgan fingerprint density at radius 2 is 1.74 bits per heavy atom. The van der Waals surface area contributed by atoms with Crippen LogP contribution in [-0.4, -0.2) is 42.0 Å². The second kappa shape index (κ2) is 8.64. The summed E-state index contributed by atoms with van der Waals surface area (Å²) in [4.78, 5) is 5.05. The first-order chi connectivity index (χ1) is 8.15. The summed E-state index contributed by atoms with van der Waals surface area (Å²) in [5.41, 5.74) is 7.99. The van der Waals surface area contributed by atoms with Crippen molar-refractivity contribution < 1.29 is 0 Å². The van der Waals surface area contributed by atoms with E-state index >= 15 is 0 Å². The van der Waals surface area contributed by atoms with E-state index in [1.165, 1.54) is 18.7 Å². The summed E-state index contributed by atoms with van der Waals surface area (Å²) in [5.74, 6) is 0. The molecule has 0 spiro atoms. The van der Waals surface area contributed by atoms with Crippen LogP contribution in [0.15, 0.2) is 24.3 Å². The molecule has 1 heterocycles. The highest BCUT2D eigenvalue weighted by Crippen LogP contribution is 2.12. The molecular weight excluding hydrogens is 281 g/mol. The van der Waals surface area contributed by atoms with E-state index in [9.17, 15) is 0 Å². The minimum Gasteiger partial charge on any atom is -0.399 e. The lowest BCUT2D eigenvalue weighted by Crippen LogP contribution is -2.48. The molecule has 1 aliphatic rings. The van der Waals surface area contributed by atoms with Gasteiger partial charge in [0.2, 0.25) is 0 Å². The summed E-state index contributed by atoms with van der Waals surface area (Å²) in [6, 6.07) is 8.89. The second-order valence-electron chi connectivity index (χ2n) is 5.15. The van der Waals surface area contributed by atoms with Gasteiger partial charge in [0.25, 0.3) is 0 Å². The highest BCUT2D eigenvalue weighted by molar-refractivity contribution is 5.85. The van der Waals surface area contributed by atoms with E-state index in [-0.39, 0.29) is 24.8 Å². The SMILES string of the molecule is CC(C)N1CCN(Cc2cccc(N)c2)CC1.Cl.Cl. The summed E-state index contributed by atoms with van der Waals surface area (Å²) in [5, 5.41) is 0. The predicted octanol–water partition coefficient (Wildman–Crippen LogP) is 2.64. The maximum atomic E-state index is 5.80. The minimum absolute atomic E-state index is 0. The van der Waals surface area contributed by atoms with Gasteiger partial charge in [-0.3, -0.25) is 9.80 Å². The van der Waals surface area contributed by atoms with E-state index in [4.69, 9.17) is 5.73 Å². The van der Waals surface area contributed by atoms with Crippen molar-refractivity contribution in [3.05, 3.63) is 29.8 Å². The van der Waals surface area contributed by atoms with E-state index in [2.05, 4.69) is 35.8 Å². The monoisotopic (exact) mass is 305 g/mol. The molecule has 1 aromatic rings. The van der Waals surface area contributed by atoms with Crippen molar-refractivity contribution in [2.45, 2.75) is 26.4 Å². The molecule has 1 aliphatic heterocycles. The zero-order valence-corrected chi connectivity index (χ0v) is 13.3. The molecule has 0 aromatic heterocycles. The zero-order valence-electron chi connectivity index (χ0n) is 11.7. The number of piperazine rings is 1. The molecule has 110 valence electrons. The Morgan fingerprint density at radius 3 is 2.26 bits per heavy atom. The van der Waals surface area contributed by atoms with Gasteiger partial charge in [0, 0.05) is 44.5 Å². The van der Waals surface area contributed by atoms with Crippen molar-refractivity contribution in [3.8, 4) is 0 Å². The first-order valence-electron chi connectivity index (χ1n) is 6.46. The zero-order chi connectivity index (χ0) is 12.3. The van der Waals surface area contributed by atoms with E-state index in [1.807, 2.05) is 12.1 Å². The fourth-order valence-electron chi connectivity index (χ4n) is 2.39. The van der Waals surface area contributed by atoms with Crippen LogP contribution in [0, 0.1) is 0 Å². The van der Waals surface area contributed by atoms with Gasteiger partial charge in [-0.05, 0) is 31.5 Å². The van der Waals surface area contributed by atoms with Crippen molar-refractivity contribution in [1.82, 2.24) is 9.80 Å². The van der Waals surface area contributed by atoms with Crippen molar-refractivity contribution >= 4 is 30.5 Å². The number of halogens is 2. The molecule has 1 fully saturated rings. The molecule has 1 saturated heterocycles. The fraction of sp³-hybridized carbons (Fsp3) is 0.571. The fourth-order valence-corrected chi connectivity index (χ4v) is 2.39. The van der Waals surface area contributed by atoms with Crippen LogP contribution in [0.4, 0.5) is 5.69 Å². The molecule has 0 atom stereocenters. The Hall–Kier alpha value is -0.480. The molecule has 2 rings (SSSR count). The topological polar surface area (TPSA) is 32.5 Å². The quantitative estimate of drug-likeness (QED) is 0.871. The third-order valence-electron chi connectivity index (χ3n) is 3.49. The van der Waals surface area contributed by atoms with E-state index in [0.29, 0.717) is 6.04 Å². The van der Waals surface area contributed by atoms with Crippen LogP contribution in [0.2, 0.25) is 0 Å². The van der Waals surface area contributed by atoms with Gasteiger partial charge in [0.1, 0.15) is 0 Å². The molecular formula is C14H25Cl2N3. The standard InChI is InChI=1S/C14H23N3.2ClH/c1-12(2)17-8-6-16(7-9-17)11-13-4-3-5-14(15)10-13;;/h3-5,10,12H,6-9,11,15H2,1-2H3;2*1H. The average Bonchev–Trinajstić information content (AvgIpc) is 2.29. The third kappa shape index (κ3) is 5.57. The van der Waals surface area contributed by atoms with Crippen molar-refractivity contribution in [3.63, 3.8) is 0 Å². The van der Waals surface area contributed by atoms with Crippen LogP contribution < -0.4 is 5.73 Å². The van der Waals surface area contributed by atoms with Crippen LogP contribution in [0.1, 0.15) is 19.4 Å². The number of hydrogen-bond donors (Lipinski definition) is 1. The second-order valence-corrected chi connectivity index (χ2v) is 5.15. The van der Waals surface area contributed by atoms with Crippen LogP contribution in [0.5, 0.6) is 0 Å². The number of nitrogens with two attached hydrogens (primary N) is 1. The molecule has 2 N–H and O–H groups in total. The first-order valence-corrected chi connectivity index (χ1v) is 6.46. The van der Waals surface area contributed by atoms with Crippen LogP contribution >= 0.6 is 24.8 Å². The smallest absolute Gasteiger partial charge is 0.0317 e. The molecule has 0 bridgehead atoms. The number of nitrogen functional groups attached to an aromatic ring is 1. The summed E-state index contributed by atoms with van der Waals surface area (Å²) in [7, 11) is 0. The van der Waals surface area contributed by atoms with Gasteiger partial charge in [-0.1, -0.05) is 12.1 Å². The Balaban J connectivity index is 0.00000162. The number of rotatable bonds is 3. The number of anilines is 1. The number of hydrogen-bond acceptors (Lipinski definition) is 3. The third-order valence-corrected chi connectivity index (χ3v) is 3.49. The molecule has 5 heteroatoms. The molecule has 0 amide bonds. The lowest BCUT2D eigenvalue weighted by atomic mass is 10.1. The Bertz CT molecular complexity index is 363. The van der Waals surface area contributed by atoms with E-state index in [1.54, 1.807) is 0 Å². The summed E-state index contributed by atoms with van der Waals surface area (Å²) in [6.07, 6.45) is 0. The van der Waals surface area contributed by atoms with Gasteiger partial charge in [-0.2, -0.15) is 0 Å². The van der Waals surface area contributed by atoms with Crippen LogP contribution in [-0.2, 0) is 6.54 Å².